The van der Waals surface area contributed by atoms with Crippen molar-refractivity contribution in [2.45, 2.75) is 57.3 Å². The molecule has 0 bridgehead atoms. The second-order valence-electron chi connectivity index (χ2n) is 5.77. The van der Waals surface area contributed by atoms with Gasteiger partial charge in [-0.2, -0.15) is 0 Å². The van der Waals surface area contributed by atoms with Crippen molar-refractivity contribution in [1.29, 1.82) is 0 Å². The van der Waals surface area contributed by atoms with Gasteiger partial charge in [0.15, 0.2) is 0 Å². The minimum Gasteiger partial charge on any atom is -0.376 e. The van der Waals surface area contributed by atoms with Gasteiger partial charge in [0.1, 0.15) is 0 Å². The molecule has 3 atom stereocenters. The zero-order valence-corrected chi connectivity index (χ0v) is 10.9. The van der Waals surface area contributed by atoms with Crippen LogP contribution in [0.25, 0.3) is 0 Å². The molecule has 3 nitrogen and oxygen atoms in total. The van der Waals surface area contributed by atoms with Gasteiger partial charge in [-0.05, 0) is 38.5 Å². The minimum absolute atomic E-state index is 0.351. The van der Waals surface area contributed by atoms with Crippen molar-refractivity contribution in [2.24, 2.45) is 5.92 Å². The van der Waals surface area contributed by atoms with Crippen LogP contribution in [0.1, 0.15) is 39.0 Å². The Balaban J connectivity index is 1.59. The molecule has 0 aromatic heterocycles. The van der Waals surface area contributed by atoms with E-state index in [0.29, 0.717) is 18.2 Å². The summed E-state index contributed by atoms with van der Waals surface area (Å²) >= 11 is 0. The van der Waals surface area contributed by atoms with Crippen LogP contribution in [0.15, 0.2) is 0 Å². The molecule has 0 aromatic rings. The lowest BCUT2D eigenvalue weighted by molar-refractivity contribution is -0.115. The fraction of sp³-hybridized carbons (Fsp3) is 1.00. The highest BCUT2D eigenvalue weighted by atomic mass is 16.5. The van der Waals surface area contributed by atoms with E-state index in [0.717, 1.165) is 25.7 Å². The predicted molar refractivity (Wildman–Crippen MR) is 67.1 cm³/mol. The number of ether oxygens (including phenoxy) is 2. The monoisotopic (exact) mass is 239 g/mol. The van der Waals surface area contributed by atoms with Crippen LogP contribution in [0.4, 0.5) is 0 Å². The zero-order chi connectivity index (χ0) is 11.7. The summed E-state index contributed by atoms with van der Waals surface area (Å²) in [4.78, 5) is 2.69. The standard InChI is InChI=1S/C14H25NO2/c1-2-16-13-7-6-12-14(13)17-9-8-15(12)10-11-4-3-5-11/h11-14H,2-10H2,1H3/t12-,13+,14+/m0/s1. The molecule has 3 fully saturated rings. The Bertz CT molecular complexity index is 255. The van der Waals surface area contributed by atoms with Gasteiger partial charge in [-0.3, -0.25) is 4.90 Å². The third-order valence-electron chi connectivity index (χ3n) is 4.75. The Labute approximate surface area is 104 Å². The lowest BCUT2D eigenvalue weighted by Crippen LogP contribution is -2.53. The number of hydrogen-bond donors (Lipinski definition) is 0. The van der Waals surface area contributed by atoms with Gasteiger partial charge >= 0.3 is 0 Å². The van der Waals surface area contributed by atoms with Gasteiger partial charge in [-0.1, -0.05) is 6.42 Å². The summed E-state index contributed by atoms with van der Waals surface area (Å²) in [5, 5.41) is 0. The first-order chi connectivity index (χ1) is 8.38. The Kier molecular flexibility index (Phi) is 3.69. The molecule has 1 heterocycles. The second-order valence-corrected chi connectivity index (χ2v) is 5.77. The van der Waals surface area contributed by atoms with Crippen molar-refractivity contribution >= 4 is 0 Å². The van der Waals surface area contributed by atoms with E-state index in [1.165, 1.54) is 38.6 Å². The van der Waals surface area contributed by atoms with Crippen LogP contribution >= 0.6 is 0 Å². The van der Waals surface area contributed by atoms with Crippen LogP contribution < -0.4 is 0 Å². The van der Waals surface area contributed by atoms with Crippen molar-refractivity contribution < 1.29 is 9.47 Å². The van der Waals surface area contributed by atoms with E-state index in [9.17, 15) is 0 Å². The molecule has 1 saturated heterocycles. The molecule has 2 aliphatic carbocycles. The molecule has 0 spiro atoms. The third-order valence-corrected chi connectivity index (χ3v) is 4.75. The lowest BCUT2D eigenvalue weighted by Gasteiger charge is -2.42. The minimum atomic E-state index is 0.351. The predicted octanol–water partition coefficient (Wildman–Crippen LogP) is 2.05. The Morgan fingerprint density at radius 2 is 2.12 bits per heavy atom. The van der Waals surface area contributed by atoms with E-state index >= 15 is 0 Å². The van der Waals surface area contributed by atoms with Gasteiger partial charge in [-0.25, -0.2) is 0 Å². The fourth-order valence-electron chi connectivity index (χ4n) is 3.62. The van der Waals surface area contributed by atoms with Gasteiger partial charge in [0.2, 0.25) is 0 Å². The average molecular weight is 239 g/mol. The summed E-state index contributed by atoms with van der Waals surface area (Å²) in [5.74, 6) is 0.972. The number of fused-ring (bicyclic) bond motifs is 1. The summed E-state index contributed by atoms with van der Waals surface area (Å²) in [6, 6.07) is 0.640. The summed E-state index contributed by atoms with van der Waals surface area (Å²) < 4.78 is 11.8. The van der Waals surface area contributed by atoms with Gasteiger partial charge in [0.05, 0.1) is 18.8 Å². The van der Waals surface area contributed by atoms with Crippen molar-refractivity contribution in [2.75, 3.05) is 26.3 Å². The van der Waals surface area contributed by atoms with Crippen molar-refractivity contribution in [3.8, 4) is 0 Å². The normalized spacial score (nSPS) is 39.0. The van der Waals surface area contributed by atoms with Crippen molar-refractivity contribution in [3.63, 3.8) is 0 Å². The van der Waals surface area contributed by atoms with Crippen LogP contribution in [0.2, 0.25) is 0 Å². The van der Waals surface area contributed by atoms with Gasteiger partial charge in [0, 0.05) is 25.7 Å². The van der Waals surface area contributed by atoms with Crippen LogP contribution in [0.5, 0.6) is 0 Å². The van der Waals surface area contributed by atoms with Gasteiger partial charge in [-0.15, -0.1) is 0 Å². The molecule has 0 amide bonds. The summed E-state index contributed by atoms with van der Waals surface area (Å²) in [7, 11) is 0. The van der Waals surface area contributed by atoms with Crippen molar-refractivity contribution in [1.82, 2.24) is 4.90 Å². The average Bonchev–Trinajstić information content (AvgIpc) is 2.69. The molecular weight excluding hydrogens is 214 g/mol. The van der Waals surface area contributed by atoms with E-state index < -0.39 is 0 Å². The summed E-state index contributed by atoms with van der Waals surface area (Å²) in [5.41, 5.74) is 0. The Morgan fingerprint density at radius 3 is 2.82 bits per heavy atom. The first kappa shape index (κ1) is 11.9. The number of rotatable bonds is 4. The zero-order valence-electron chi connectivity index (χ0n) is 10.9. The molecular formula is C14H25NO2. The molecule has 3 aliphatic rings. The highest BCUT2D eigenvalue weighted by Crippen LogP contribution is 2.35. The lowest BCUT2D eigenvalue weighted by atomic mass is 9.84. The van der Waals surface area contributed by atoms with E-state index in [1.54, 1.807) is 0 Å². The van der Waals surface area contributed by atoms with E-state index in [4.69, 9.17) is 9.47 Å². The third kappa shape index (κ3) is 2.38. The summed E-state index contributed by atoms with van der Waals surface area (Å²) in [6.45, 7) is 6.25. The maximum Gasteiger partial charge on any atom is 0.0991 e. The molecule has 2 saturated carbocycles. The van der Waals surface area contributed by atoms with E-state index in [-0.39, 0.29) is 0 Å². The fourth-order valence-corrected chi connectivity index (χ4v) is 3.62. The molecule has 0 aromatic carbocycles. The Hall–Kier alpha value is -0.120. The topological polar surface area (TPSA) is 21.7 Å². The highest BCUT2D eigenvalue weighted by molar-refractivity contribution is 4.96. The van der Waals surface area contributed by atoms with Crippen LogP contribution in [-0.4, -0.2) is 49.5 Å². The molecule has 3 heteroatoms. The first-order valence-electron chi connectivity index (χ1n) is 7.35. The summed E-state index contributed by atoms with van der Waals surface area (Å²) in [6.07, 6.45) is 7.50. The molecule has 17 heavy (non-hydrogen) atoms. The highest BCUT2D eigenvalue weighted by Gasteiger charge is 2.43. The van der Waals surface area contributed by atoms with Crippen LogP contribution in [0.3, 0.4) is 0 Å². The number of nitrogens with zero attached hydrogens (tertiary/aromatic N) is 1. The molecule has 0 radical (unpaired) electrons. The quantitative estimate of drug-likeness (QED) is 0.749. The molecule has 3 rings (SSSR count). The van der Waals surface area contributed by atoms with E-state index in [2.05, 4.69) is 11.8 Å². The van der Waals surface area contributed by atoms with Gasteiger partial charge in [0.25, 0.3) is 0 Å². The second kappa shape index (κ2) is 5.25. The van der Waals surface area contributed by atoms with Crippen LogP contribution in [0, 0.1) is 5.92 Å². The maximum absolute atomic E-state index is 5.96. The van der Waals surface area contributed by atoms with E-state index in [1.807, 2.05) is 0 Å². The molecule has 1 aliphatic heterocycles. The van der Waals surface area contributed by atoms with Crippen molar-refractivity contribution in [3.05, 3.63) is 0 Å². The molecule has 0 unspecified atom stereocenters. The van der Waals surface area contributed by atoms with Gasteiger partial charge < -0.3 is 9.47 Å². The van der Waals surface area contributed by atoms with Crippen LogP contribution in [-0.2, 0) is 9.47 Å². The number of morpholine rings is 1. The Morgan fingerprint density at radius 1 is 1.24 bits per heavy atom. The first-order valence-corrected chi connectivity index (χ1v) is 7.35. The molecule has 0 N–H and O–H groups in total. The number of hydrogen-bond acceptors (Lipinski definition) is 3. The SMILES string of the molecule is CCO[C@@H]1CC[C@H]2[C@H]1OCCN2CC1CCC1. The maximum atomic E-state index is 5.96. The largest absolute Gasteiger partial charge is 0.376 e. The smallest absolute Gasteiger partial charge is 0.0991 e. The molecule has 98 valence electrons.